The molecule has 0 spiro atoms. The van der Waals surface area contributed by atoms with Gasteiger partial charge >= 0.3 is 0 Å². The number of rotatable bonds is 3. The Hall–Kier alpha value is -6.06. The Bertz CT molecular complexity index is 2760. The molecular weight excluding hydrogens is 546 g/mol. The van der Waals surface area contributed by atoms with E-state index in [9.17, 15) is 0 Å². The Balaban J connectivity index is 1.21. The van der Waals surface area contributed by atoms with E-state index in [-0.39, 0.29) is 0 Å². The number of H-pyrrole nitrogens is 1. The van der Waals surface area contributed by atoms with Crippen molar-refractivity contribution in [3.05, 3.63) is 158 Å². The van der Waals surface area contributed by atoms with E-state index < -0.39 is 0 Å². The number of hydrogen-bond acceptors (Lipinski definition) is 0. The molecule has 45 heavy (non-hydrogen) atoms. The average molecular weight is 574 g/mol. The summed E-state index contributed by atoms with van der Waals surface area (Å²) in [4.78, 5) is 3.58. The van der Waals surface area contributed by atoms with Crippen molar-refractivity contribution in [2.24, 2.45) is 0 Å². The van der Waals surface area contributed by atoms with Gasteiger partial charge in [-0.1, -0.05) is 91.0 Å². The van der Waals surface area contributed by atoms with Crippen molar-refractivity contribution in [1.82, 2.24) is 14.1 Å². The van der Waals surface area contributed by atoms with Crippen LogP contribution >= 0.6 is 0 Å². The van der Waals surface area contributed by atoms with Gasteiger partial charge in [0.1, 0.15) is 0 Å². The molecule has 0 bridgehead atoms. The fourth-order valence-electron chi connectivity index (χ4n) is 7.41. The molecule has 3 heterocycles. The molecule has 0 aliphatic rings. The third-order valence-corrected chi connectivity index (χ3v) is 9.44. The third-order valence-electron chi connectivity index (χ3n) is 9.44. The maximum atomic E-state index is 3.58. The summed E-state index contributed by atoms with van der Waals surface area (Å²) < 4.78 is 4.80. The zero-order chi connectivity index (χ0) is 29.5. The van der Waals surface area contributed by atoms with Crippen molar-refractivity contribution in [3.8, 4) is 22.5 Å². The molecule has 0 saturated carbocycles. The molecule has 0 aliphatic carbocycles. The van der Waals surface area contributed by atoms with Gasteiger partial charge in [-0.15, -0.1) is 0 Å². The largest absolute Gasteiger partial charge is 0.355 e. The van der Waals surface area contributed by atoms with E-state index in [0.29, 0.717) is 0 Å². The zero-order valence-electron chi connectivity index (χ0n) is 24.4. The number of benzene rings is 7. The SMILES string of the molecule is c1ccc(-n2c3ccccc3c3cc(-c4ccc5c6ccccc6n(-c6ccc7[nH]c8ccccc8c7c6)c5c4)ccc32)cc1. The first-order chi connectivity index (χ1) is 22.3. The first kappa shape index (κ1) is 24.4. The standard InChI is InChI=1S/C42H27N3/c1-2-10-29(11-3-1)44-40-17-9-6-14-33(40)36-24-27(19-23-41(36)44)28-18-21-34-32-13-5-8-16-39(32)45(42(34)25-28)30-20-22-38-35(26-30)31-12-4-7-15-37(31)43-38/h1-26,43H. The van der Waals surface area contributed by atoms with Gasteiger partial charge in [0.2, 0.25) is 0 Å². The maximum Gasteiger partial charge on any atom is 0.0547 e. The van der Waals surface area contributed by atoms with Gasteiger partial charge in [-0.3, -0.25) is 0 Å². The number of fused-ring (bicyclic) bond motifs is 9. The van der Waals surface area contributed by atoms with Crippen LogP contribution in [0.2, 0.25) is 0 Å². The molecule has 3 nitrogen and oxygen atoms in total. The Kier molecular flexibility index (Phi) is 5.00. The van der Waals surface area contributed by atoms with E-state index in [0.717, 1.165) is 16.7 Å². The van der Waals surface area contributed by atoms with Crippen LogP contribution in [0.5, 0.6) is 0 Å². The Morgan fingerprint density at radius 3 is 1.71 bits per heavy atom. The first-order valence-electron chi connectivity index (χ1n) is 15.4. The summed E-state index contributed by atoms with van der Waals surface area (Å²) in [5, 5.41) is 7.54. The van der Waals surface area contributed by atoms with E-state index in [1.165, 1.54) is 71.2 Å². The minimum atomic E-state index is 1.16. The highest BCUT2D eigenvalue weighted by Crippen LogP contribution is 2.39. The van der Waals surface area contributed by atoms with Gasteiger partial charge in [-0.2, -0.15) is 0 Å². The van der Waals surface area contributed by atoms with Crippen LogP contribution in [-0.4, -0.2) is 14.1 Å². The van der Waals surface area contributed by atoms with Crippen LogP contribution in [-0.2, 0) is 0 Å². The van der Waals surface area contributed by atoms with Crippen molar-refractivity contribution >= 4 is 65.4 Å². The molecule has 210 valence electrons. The minimum Gasteiger partial charge on any atom is -0.355 e. The van der Waals surface area contributed by atoms with E-state index in [4.69, 9.17) is 0 Å². The molecular formula is C42H27N3. The van der Waals surface area contributed by atoms with Gasteiger partial charge in [0.05, 0.1) is 22.1 Å². The molecule has 7 aromatic carbocycles. The summed E-state index contributed by atoms with van der Waals surface area (Å²) in [5.41, 5.74) is 11.9. The molecule has 10 aromatic rings. The normalized spacial score (nSPS) is 12.0. The third kappa shape index (κ3) is 3.52. The predicted octanol–water partition coefficient (Wildman–Crippen LogP) is 11.2. The van der Waals surface area contributed by atoms with Crippen LogP contribution in [0.3, 0.4) is 0 Å². The lowest BCUT2D eigenvalue weighted by molar-refractivity contribution is 1.18. The summed E-state index contributed by atoms with van der Waals surface area (Å²) in [5.74, 6) is 0. The van der Waals surface area contributed by atoms with Gasteiger partial charge in [-0.05, 0) is 77.9 Å². The predicted molar refractivity (Wildman–Crippen MR) is 190 cm³/mol. The van der Waals surface area contributed by atoms with E-state index in [1.54, 1.807) is 0 Å². The number of para-hydroxylation sites is 4. The van der Waals surface area contributed by atoms with Crippen molar-refractivity contribution < 1.29 is 0 Å². The molecule has 0 radical (unpaired) electrons. The Morgan fingerprint density at radius 1 is 0.311 bits per heavy atom. The van der Waals surface area contributed by atoms with Gasteiger partial charge in [0.25, 0.3) is 0 Å². The number of hydrogen-bond donors (Lipinski definition) is 1. The van der Waals surface area contributed by atoms with Crippen LogP contribution < -0.4 is 0 Å². The molecule has 10 rings (SSSR count). The average Bonchev–Trinajstić information content (AvgIpc) is 3.75. The van der Waals surface area contributed by atoms with Crippen LogP contribution in [0.25, 0.3) is 87.9 Å². The van der Waals surface area contributed by atoms with Gasteiger partial charge in [-0.25, -0.2) is 0 Å². The molecule has 0 fully saturated rings. The lowest BCUT2D eigenvalue weighted by Crippen LogP contribution is -1.94. The van der Waals surface area contributed by atoms with Gasteiger partial charge in [0.15, 0.2) is 0 Å². The molecule has 0 saturated heterocycles. The zero-order valence-corrected chi connectivity index (χ0v) is 24.4. The Morgan fingerprint density at radius 2 is 0.889 bits per heavy atom. The second kappa shape index (κ2) is 9.22. The molecule has 0 aliphatic heterocycles. The van der Waals surface area contributed by atoms with Crippen LogP contribution in [0.4, 0.5) is 0 Å². The van der Waals surface area contributed by atoms with E-state index in [1.807, 2.05) is 0 Å². The fraction of sp³-hybridized carbons (Fsp3) is 0. The monoisotopic (exact) mass is 573 g/mol. The minimum absolute atomic E-state index is 1.16. The van der Waals surface area contributed by atoms with Crippen molar-refractivity contribution in [2.75, 3.05) is 0 Å². The van der Waals surface area contributed by atoms with Gasteiger partial charge < -0.3 is 14.1 Å². The summed E-state index contributed by atoms with van der Waals surface area (Å²) in [6, 6.07) is 57.3. The lowest BCUT2D eigenvalue weighted by Gasteiger charge is -2.10. The molecule has 1 N–H and O–H groups in total. The number of aromatic nitrogens is 3. The molecule has 0 unspecified atom stereocenters. The van der Waals surface area contributed by atoms with Gasteiger partial charge in [0, 0.05) is 54.7 Å². The second-order valence-electron chi connectivity index (χ2n) is 11.9. The van der Waals surface area contributed by atoms with E-state index in [2.05, 4.69) is 172 Å². The van der Waals surface area contributed by atoms with Crippen molar-refractivity contribution in [2.45, 2.75) is 0 Å². The first-order valence-corrected chi connectivity index (χ1v) is 15.4. The quantitative estimate of drug-likeness (QED) is 0.218. The summed E-state index contributed by atoms with van der Waals surface area (Å²) in [6.45, 7) is 0. The number of nitrogens with one attached hydrogen (secondary N) is 1. The number of aromatic amines is 1. The highest BCUT2D eigenvalue weighted by Gasteiger charge is 2.16. The smallest absolute Gasteiger partial charge is 0.0547 e. The van der Waals surface area contributed by atoms with Crippen LogP contribution in [0.1, 0.15) is 0 Å². The lowest BCUT2D eigenvalue weighted by atomic mass is 10.0. The highest BCUT2D eigenvalue weighted by molar-refractivity contribution is 6.13. The maximum absolute atomic E-state index is 3.58. The topological polar surface area (TPSA) is 25.6 Å². The second-order valence-corrected chi connectivity index (χ2v) is 11.9. The fourth-order valence-corrected chi connectivity index (χ4v) is 7.41. The number of nitrogens with zero attached hydrogens (tertiary/aromatic N) is 2. The molecule has 3 aromatic heterocycles. The van der Waals surface area contributed by atoms with Crippen LogP contribution in [0, 0.1) is 0 Å². The van der Waals surface area contributed by atoms with Crippen molar-refractivity contribution in [1.29, 1.82) is 0 Å². The Labute approximate surface area is 259 Å². The summed E-state index contributed by atoms with van der Waals surface area (Å²) in [6.07, 6.45) is 0. The highest BCUT2D eigenvalue weighted by atomic mass is 15.0. The molecule has 0 amide bonds. The summed E-state index contributed by atoms with van der Waals surface area (Å²) in [7, 11) is 0. The molecule has 0 atom stereocenters. The molecule has 3 heteroatoms. The van der Waals surface area contributed by atoms with E-state index >= 15 is 0 Å². The van der Waals surface area contributed by atoms with Crippen molar-refractivity contribution in [3.63, 3.8) is 0 Å². The van der Waals surface area contributed by atoms with Crippen LogP contribution in [0.15, 0.2) is 158 Å². The summed E-state index contributed by atoms with van der Waals surface area (Å²) >= 11 is 0.